The highest BCUT2D eigenvalue weighted by Crippen LogP contribution is 2.23. The van der Waals surface area contributed by atoms with Crippen LogP contribution >= 0.6 is 23.1 Å². The fourth-order valence-electron chi connectivity index (χ4n) is 3.35. The quantitative estimate of drug-likeness (QED) is 0.299. The number of aromatic nitrogens is 2. The maximum atomic E-state index is 13.2. The monoisotopic (exact) mass is 465 g/mol. The van der Waals surface area contributed by atoms with Gasteiger partial charge in [-0.05, 0) is 47.2 Å². The number of hydrogen-bond donors (Lipinski definition) is 1. The predicted molar refractivity (Wildman–Crippen MR) is 131 cm³/mol. The van der Waals surface area contributed by atoms with Crippen LogP contribution in [0.15, 0.2) is 69.9 Å². The van der Waals surface area contributed by atoms with Gasteiger partial charge in [-0.3, -0.25) is 14.2 Å². The first-order valence-corrected chi connectivity index (χ1v) is 12.1. The average Bonchev–Trinajstić information content (AvgIpc) is 3.29. The number of nitrogens with one attached hydrogen (secondary N) is 1. The molecule has 0 aliphatic rings. The molecule has 0 saturated heterocycles. The number of rotatable bonds is 8. The number of carbonyl (C=O) groups excluding carboxylic acids is 1. The van der Waals surface area contributed by atoms with Crippen molar-refractivity contribution in [2.24, 2.45) is 0 Å². The van der Waals surface area contributed by atoms with Crippen molar-refractivity contribution in [3.05, 3.63) is 81.5 Å². The molecule has 8 heteroatoms. The minimum absolute atomic E-state index is 0.0972. The van der Waals surface area contributed by atoms with Crippen LogP contribution in [0.25, 0.3) is 10.2 Å². The summed E-state index contributed by atoms with van der Waals surface area (Å²) in [5, 5.41) is 5.36. The first-order chi connectivity index (χ1) is 15.6. The van der Waals surface area contributed by atoms with E-state index in [-0.39, 0.29) is 17.2 Å². The van der Waals surface area contributed by atoms with E-state index in [0.29, 0.717) is 21.9 Å². The molecule has 32 heavy (non-hydrogen) atoms. The number of methoxy groups -OCH3 is 1. The molecule has 0 saturated carbocycles. The fraction of sp³-hybridized carbons (Fsp3) is 0.208. The van der Waals surface area contributed by atoms with E-state index in [0.717, 1.165) is 29.0 Å². The molecule has 0 radical (unpaired) electrons. The predicted octanol–water partition coefficient (Wildman–Crippen LogP) is 4.81. The van der Waals surface area contributed by atoms with Crippen LogP contribution in [0.2, 0.25) is 0 Å². The van der Waals surface area contributed by atoms with Crippen molar-refractivity contribution in [2.75, 3.05) is 18.2 Å². The Hall–Kier alpha value is -3.10. The molecule has 6 nitrogen and oxygen atoms in total. The van der Waals surface area contributed by atoms with E-state index in [1.54, 1.807) is 11.7 Å². The van der Waals surface area contributed by atoms with Crippen molar-refractivity contribution >= 4 is 44.9 Å². The Labute approximate surface area is 194 Å². The zero-order chi connectivity index (χ0) is 22.5. The Bertz CT molecular complexity index is 1300. The summed E-state index contributed by atoms with van der Waals surface area (Å²) in [4.78, 5) is 30.5. The third kappa shape index (κ3) is 4.87. The lowest BCUT2D eigenvalue weighted by Crippen LogP contribution is -2.24. The summed E-state index contributed by atoms with van der Waals surface area (Å²) >= 11 is 2.65. The van der Waals surface area contributed by atoms with Crippen LogP contribution in [0.5, 0.6) is 5.75 Å². The SMILES string of the molecule is CCc1ccccc1NC(=O)CSc1nc2ccsc2c(=O)n1Cc1ccc(OC)cc1. The van der Waals surface area contributed by atoms with Crippen molar-refractivity contribution in [3.8, 4) is 5.75 Å². The number of carbonyl (C=O) groups is 1. The minimum atomic E-state index is -0.133. The Balaban J connectivity index is 1.57. The van der Waals surface area contributed by atoms with Crippen LogP contribution in [0.1, 0.15) is 18.1 Å². The summed E-state index contributed by atoms with van der Waals surface area (Å²) in [5.74, 6) is 0.779. The van der Waals surface area contributed by atoms with Gasteiger partial charge >= 0.3 is 0 Å². The Morgan fingerprint density at radius 1 is 1.16 bits per heavy atom. The van der Waals surface area contributed by atoms with Crippen molar-refractivity contribution in [3.63, 3.8) is 0 Å². The molecule has 1 N–H and O–H groups in total. The first-order valence-electron chi connectivity index (χ1n) is 10.2. The number of para-hydroxylation sites is 1. The topological polar surface area (TPSA) is 73.2 Å². The van der Waals surface area contributed by atoms with Gasteiger partial charge in [-0.2, -0.15) is 0 Å². The van der Waals surface area contributed by atoms with Gasteiger partial charge in [0.05, 0.1) is 24.9 Å². The van der Waals surface area contributed by atoms with Crippen LogP contribution in [0.4, 0.5) is 5.69 Å². The molecule has 4 rings (SSSR count). The summed E-state index contributed by atoms with van der Waals surface area (Å²) < 4.78 is 7.47. The zero-order valence-corrected chi connectivity index (χ0v) is 19.5. The van der Waals surface area contributed by atoms with Gasteiger partial charge in [0.15, 0.2) is 5.16 Å². The summed E-state index contributed by atoms with van der Waals surface area (Å²) in [6.07, 6.45) is 0.835. The molecule has 2 aromatic heterocycles. The molecule has 2 aromatic carbocycles. The third-order valence-electron chi connectivity index (χ3n) is 5.04. The maximum absolute atomic E-state index is 13.2. The minimum Gasteiger partial charge on any atom is -0.497 e. The zero-order valence-electron chi connectivity index (χ0n) is 17.8. The summed E-state index contributed by atoms with van der Waals surface area (Å²) in [5.41, 5.74) is 3.41. The van der Waals surface area contributed by atoms with E-state index in [9.17, 15) is 9.59 Å². The molecule has 0 bridgehead atoms. The van der Waals surface area contributed by atoms with E-state index in [1.807, 2.05) is 60.0 Å². The first kappa shape index (κ1) is 22.1. The van der Waals surface area contributed by atoms with Crippen LogP contribution in [-0.2, 0) is 17.8 Å². The molecule has 0 fully saturated rings. The van der Waals surface area contributed by atoms with Gasteiger partial charge in [0.2, 0.25) is 5.91 Å². The van der Waals surface area contributed by atoms with E-state index in [2.05, 4.69) is 17.2 Å². The standard InChI is InChI=1S/C24H23N3O3S2/c1-3-17-6-4-5-7-19(17)25-21(28)15-32-24-26-20-12-13-31-22(20)23(29)27(24)14-16-8-10-18(30-2)11-9-16/h4-13H,3,14-15H2,1-2H3,(H,25,28). The van der Waals surface area contributed by atoms with E-state index in [4.69, 9.17) is 4.74 Å². The highest BCUT2D eigenvalue weighted by molar-refractivity contribution is 7.99. The molecule has 0 atom stereocenters. The Morgan fingerprint density at radius 3 is 2.69 bits per heavy atom. The molecular formula is C24H23N3O3S2. The van der Waals surface area contributed by atoms with Crippen molar-refractivity contribution in [2.45, 2.75) is 25.0 Å². The fourth-order valence-corrected chi connectivity index (χ4v) is 4.93. The number of fused-ring (bicyclic) bond motifs is 1. The number of thioether (sulfide) groups is 1. The van der Waals surface area contributed by atoms with Crippen LogP contribution in [-0.4, -0.2) is 28.3 Å². The van der Waals surface area contributed by atoms with Crippen molar-refractivity contribution in [1.82, 2.24) is 9.55 Å². The normalized spacial score (nSPS) is 10.9. The Morgan fingerprint density at radius 2 is 1.94 bits per heavy atom. The summed E-state index contributed by atoms with van der Waals surface area (Å²) in [7, 11) is 1.62. The van der Waals surface area contributed by atoms with Crippen LogP contribution in [0.3, 0.4) is 0 Å². The van der Waals surface area contributed by atoms with E-state index in [1.165, 1.54) is 23.1 Å². The van der Waals surface area contributed by atoms with Gasteiger partial charge in [-0.1, -0.05) is 49.0 Å². The van der Waals surface area contributed by atoms with Gasteiger partial charge in [0.1, 0.15) is 10.4 Å². The van der Waals surface area contributed by atoms with Gasteiger partial charge in [0, 0.05) is 5.69 Å². The van der Waals surface area contributed by atoms with Crippen molar-refractivity contribution in [1.29, 1.82) is 0 Å². The molecule has 0 spiro atoms. The largest absolute Gasteiger partial charge is 0.497 e. The molecule has 0 aliphatic carbocycles. The van der Waals surface area contributed by atoms with Gasteiger partial charge in [-0.15, -0.1) is 11.3 Å². The smallest absolute Gasteiger partial charge is 0.272 e. The second-order valence-electron chi connectivity index (χ2n) is 7.12. The lowest BCUT2D eigenvalue weighted by atomic mass is 10.1. The number of benzene rings is 2. The van der Waals surface area contributed by atoms with Gasteiger partial charge in [0.25, 0.3) is 5.56 Å². The number of nitrogens with zero attached hydrogens (tertiary/aromatic N) is 2. The summed E-state index contributed by atoms with van der Waals surface area (Å²) in [6.45, 7) is 2.42. The number of ether oxygens (including phenoxy) is 1. The van der Waals surface area contributed by atoms with E-state index >= 15 is 0 Å². The summed E-state index contributed by atoms with van der Waals surface area (Å²) in [6, 6.07) is 17.2. The van der Waals surface area contributed by atoms with Gasteiger partial charge < -0.3 is 10.1 Å². The third-order valence-corrected chi connectivity index (χ3v) is 6.90. The lowest BCUT2D eigenvalue weighted by Gasteiger charge is -2.13. The van der Waals surface area contributed by atoms with Crippen LogP contribution < -0.4 is 15.6 Å². The highest BCUT2D eigenvalue weighted by Gasteiger charge is 2.15. The molecular weight excluding hydrogens is 442 g/mol. The van der Waals surface area contributed by atoms with Crippen molar-refractivity contribution < 1.29 is 9.53 Å². The molecule has 1 amide bonds. The molecule has 0 aliphatic heterocycles. The average molecular weight is 466 g/mol. The number of anilines is 1. The van der Waals surface area contributed by atoms with Crippen LogP contribution in [0, 0.1) is 0 Å². The lowest BCUT2D eigenvalue weighted by molar-refractivity contribution is -0.113. The molecule has 164 valence electrons. The molecule has 4 aromatic rings. The number of aryl methyl sites for hydroxylation is 1. The number of amides is 1. The molecule has 0 unspecified atom stereocenters. The second-order valence-corrected chi connectivity index (χ2v) is 8.97. The number of thiophene rings is 1. The maximum Gasteiger partial charge on any atom is 0.272 e. The van der Waals surface area contributed by atoms with Gasteiger partial charge in [-0.25, -0.2) is 4.98 Å². The highest BCUT2D eigenvalue weighted by atomic mass is 32.2. The second kappa shape index (κ2) is 10.0. The number of hydrogen-bond acceptors (Lipinski definition) is 6. The van der Waals surface area contributed by atoms with E-state index < -0.39 is 0 Å². The molecule has 2 heterocycles. The Kier molecular flexibility index (Phi) is 6.92.